The highest BCUT2D eigenvalue weighted by atomic mass is 32.2. The third-order valence-electron chi connectivity index (χ3n) is 6.98. The van der Waals surface area contributed by atoms with Crippen LogP contribution in [-0.2, 0) is 19.4 Å². The minimum Gasteiger partial charge on any atom is -0.353 e. The molecule has 0 unspecified atom stereocenters. The second-order valence-corrected chi connectivity index (χ2v) is 10.9. The molecule has 1 N–H and O–H groups in total. The molecule has 4 aliphatic rings. The molecule has 2 heterocycles. The molecule has 2 bridgehead atoms. The van der Waals surface area contributed by atoms with Crippen molar-refractivity contribution in [2.75, 3.05) is 18.1 Å². The molecule has 4 fully saturated rings. The first-order valence-electron chi connectivity index (χ1n) is 9.62. The molecule has 6 nitrogen and oxygen atoms in total. The van der Waals surface area contributed by atoms with Gasteiger partial charge in [-0.05, 0) is 50.4 Å². The van der Waals surface area contributed by atoms with Gasteiger partial charge in [-0.3, -0.25) is 9.59 Å². The Bertz CT molecular complexity index is 677. The molecule has 0 aromatic carbocycles. The second-order valence-electron chi connectivity index (χ2n) is 8.64. The molecule has 140 valence electrons. The van der Waals surface area contributed by atoms with Crippen LogP contribution in [-0.4, -0.2) is 55.3 Å². The predicted octanol–water partition coefficient (Wildman–Crippen LogP) is 0.963. The molecule has 6 atom stereocenters. The smallest absolute Gasteiger partial charge is 0.225 e. The predicted molar refractivity (Wildman–Crippen MR) is 93.4 cm³/mol. The number of carbonyl (C=O) groups excluding carboxylic acids is 2. The van der Waals surface area contributed by atoms with Crippen molar-refractivity contribution in [1.82, 2.24) is 10.2 Å². The number of sulfone groups is 1. The summed E-state index contributed by atoms with van der Waals surface area (Å²) in [6, 6.07) is -0.0721. The fraction of sp³-hybridized carbons (Fsp3) is 0.889. The van der Waals surface area contributed by atoms with Gasteiger partial charge in [0, 0.05) is 25.0 Å². The van der Waals surface area contributed by atoms with Gasteiger partial charge in [0.1, 0.15) is 0 Å². The van der Waals surface area contributed by atoms with E-state index in [0.717, 1.165) is 11.8 Å². The van der Waals surface area contributed by atoms with E-state index in [1.165, 1.54) is 25.7 Å². The van der Waals surface area contributed by atoms with Crippen molar-refractivity contribution >= 4 is 21.7 Å². The standard InChI is InChI=1S/C18H28N2O4S/c1-11(16-7-12-2-3-13(16)6-12)19-18(22)14-8-17(21)20(9-14)15-4-5-25(23,24)10-15/h11-16H,2-10H2,1H3,(H,19,22)/t11-,12-,13-,14+,15-,16+/m0/s1. The van der Waals surface area contributed by atoms with Gasteiger partial charge in [0.25, 0.3) is 0 Å². The molecule has 2 aliphatic carbocycles. The largest absolute Gasteiger partial charge is 0.353 e. The maximum absolute atomic E-state index is 12.6. The van der Waals surface area contributed by atoms with E-state index in [4.69, 9.17) is 0 Å². The summed E-state index contributed by atoms with van der Waals surface area (Å²) in [6.45, 7) is 2.47. The lowest BCUT2D eigenvalue weighted by Gasteiger charge is -2.29. The first kappa shape index (κ1) is 17.3. The number of hydrogen-bond acceptors (Lipinski definition) is 4. The second kappa shape index (κ2) is 6.25. The molecule has 2 aliphatic heterocycles. The lowest BCUT2D eigenvalue weighted by Crippen LogP contribution is -2.44. The van der Waals surface area contributed by atoms with E-state index in [1.807, 2.05) is 0 Å². The van der Waals surface area contributed by atoms with E-state index in [2.05, 4.69) is 12.2 Å². The van der Waals surface area contributed by atoms with Gasteiger partial charge in [-0.2, -0.15) is 0 Å². The van der Waals surface area contributed by atoms with E-state index in [9.17, 15) is 18.0 Å². The monoisotopic (exact) mass is 368 g/mol. The van der Waals surface area contributed by atoms with Crippen LogP contribution in [0.2, 0.25) is 0 Å². The Hall–Kier alpha value is -1.11. The fourth-order valence-corrected chi connectivity index (χ4v) is 7.37. The van der Waals surface area contributed by atoms with Gasteiger partial charge in [-0.15, -0.1) is 0 Å². The number of hydrogen-bond donors (Lipinski definition) is 1. The molecule has 2 amide bonds. The zero-order valence-corrected chi connectivity index (χ0v) is 15.6. The maximum Gasteiger partial charge on any atom is 0.225 e. The van der Waals surface area contributed by atoms with Gasteiger partial charge in [0.15, 0.2) is 9.84 Å². The van der Waals surface area contributed by atoms with Crippen LogP contribution in [0, 0.1) is 23.7 Å². The van der Waals surface area contributed by atoms with E-state index in [1.54, 1.807) is 4.90 Å². The number of amides is 2. The highest BCUT2D eigenvalue weighted by Crippen LogP contribution is 2.49. The molecule has 2 saturated carbocycles. The molecule has 0 aromatic rings. The molecule has 4 rings (SSSR count). The van der Waals surface area contributed by atoms with Crippen LogP contribution in [0.4, 0.5) is 0 Å². The minimum absolute atomic E-state index is 0.0352. The molecule has 0 radical (unpaired) electrons. The van der Waals surface area contributed by atoms with Gasteiger partial charge in [-0.1, -0.05) is 6.42 Å². The summed E-state index contributed by atoms with van der Waals surface area (Å²) in [5, 5.41) is 3.16. The van der Waals surface area contributed by atoms with Gasteiger partial charge in [0.2, 0.25) is 11.8 Å². The summed E-state index contributed by atoms with van der Waals surface area (Å²) in [7, 11) is -3.02. The maximum atomic E-state index is 12.6. The number of nitrogens with one attached hydrogen (secondary N) is 1. The molecule has 0 spiro atoms. The summed E-state index contributed by atoms with van der Waals surface area (Å²) in [6.07, 6.45) is 5.90. The van der Waals surface area contributed by atoms with E-state index in [-0.39, 0.29) is 47.7 Å². The van der Waals surface area contributed by atoms with Crippen molar-refractivity contribution in [2.45, 2.75) is 57.5 Å². The highest BCUT2D eigenvalue weighted by molar-refractivity contribution is 7.91. The molecular formula is C18H28N2O4S. The zero-order valence-electron chi connectivity index (χ0n) is 14.8. The Kier molecular flexibility index (Phi) is 4.33. The Morgan fingerprint density at radius 3 is 2.64 bits per heavy atom. The zero-order chi connectivity index (χ0) is 17.8. The molecule has 25 heavy (non-hydrogen) atoms. The summed E-state index contributed by atoms with van der Waals surface area (Å²) in [4.78, 5) is 26.6. The highest BCUT2D eigenvalue weighted by Gasteiger charge is 2.44. The van der Waals surface area contributed by atoms with Crippen molar-refractivity contribution < 1.29 is 18.0 Å². The molecule has 0 aromatic heterocycles. The summed E-state index contributed by atoms with van der Waals surface area (Å²) >= 11 is 0. The summed E-state index contributed by atoms with van der Waals surface area (Å²) in [5.74, 6) is 1.94. The molecule has 7 heteroatoms. The van der Waals surface area contributed by atoms with Gasteiger partial charge < -0.3 is 10.2 Å². The van der Waals surface area contributed by atoms with Crippen LogP contribution in [0.1, 0.15) is 45.4 Å². The minimum atomic E-state index is -3.02. The van der Waals surface area contributed by atoms with Crippen molar-refractivity contribution in [2.24, 2.45) is 23.7 Å². The fourth-order valence-electron chi connectivity index (χ4n) is 5.64. The first-order chi connectivity index (χ1) is 11.8. The lowest BCUT2D eigenvalue weighted by molar-refractivity contribution is -0.130. The van der Waals surface area contributed by atoms with E-state index >= 15 is 0 Å². The average molecular weight is 368 g/mol. The van der Waals surface area contributed by atoms with Gasteiger partial charge in [0.05, 0.1) is 17.4 Å². The molecule has 2 saturated heterocycles. The normalized spacial score (nSPS) is 40.6. The third kappa shape index (κ3) is 3.32. The van der Waals surface area contributed by atoms with Crippen LogP contribution in [0.25, 0.3) is 0 Å². The quantitative estimate of drug-likeness (QED) is 0.801. The van der Waals surface area contributed by atoms with Crippen LogP contribution in [0.15, 0.2) is 0 Å². The first-order valence-corrected chi connectivity index (χ1v) is 11.4. The van der Waals surface area contributed by atoms with Crippen molar-refractivity contribution in [3.63, 3.8) is 0 Å². The molecular weight excluding hydrogens is 340 g/mol. The van der Waals surface area contributed by atoms with Gasteiger partial charge >= 0.3 is 0 Å². The van der Waals surface area contributed by atoms with Crippen molar-refractivity contribution in [3.8, 4) is 0 Å². The number of fused-ring (bicyclic) bond motifs is 2. The summed E-state index contributed by atoms with van der Waals surface area (Å²) < 4.78 is 23.3. The van der Waals surface area contributed by atoms with Crippen molar-refractivity contribution in [1.29, 1.82) is 0 Å². The topological polar surface area (TPSA) is 83.6 Å². The Balaban J connectivity index is 1.33. The Morgan fingerprint density at radius 1 is 1.24 bits per heavy atom. The number of carbonyl (C=O) groups is 2. The van der Waals surface area contributed by atoms with Crippen LogP contribution in [0.3, 0.4) is 0 Å². The van der Waals surface area contributed by atoms with Crippen molar-refractivity contribution in [3.05, 3.63) is 0 Å². The number of nitrogens with zero attached hydrogens (tertiary/aromatic N) is 1. The third-order valence-corrected chi connectivity index (χ3v) is 8.73. The van der Waals surface area contributed by atoms with E-state index < -0.39 is 9.84 Å². The Labute approximate surface area is 149 Å². The van der Waals surface area contributed by atoms with Crippen LogP contribution < -0.4 is 5.32 Å². The SMILES string of the molecule is C[C@H](NC(=O)[C@@H]1CC(=O)N([C@H]2CCS(=O)(=O)C2)C1)[C@H]1C[C@H]2CC[C@H]1C2. The lowest BCUT2D eigenvalue weighted by atomic mass is 9.84. The van der Waals surface area contributed by atoms with Gasteiger partial charge in [-0.25, -0.2) is 8.42 Å². The van der Waals surface area contributed by atoms with E-state index in [0.29, 0.717) is 18.9 Å². The van der Waals surface area contributed by atoms with Crippen LogP contribution >= 0.6 is 0 Å². The number of rotatable bonds is 4. The Morgan fingerprint density at radius 2 is 2.04 bits per heavy atom. The average Bonchev–Trinajstić information content (AvgIpc) is 3.30. The summed E-state index contributed by atoms with van der Waals surface area (Å²) in [5.41, 5.74) is 0. The van der Waals surface area contributed by atoms with Crippen LogP contribution in [0.5, 0.6) is 0 Å². The number of likely N-dealkylation sites (tertiary alicyclic amines) is 1.